The van der Waals surface area contributed by atoms with Gasteiger partial charge in [-0.15, -0.1) is 0 Å². The first-order valence-corrected chi connectivity index (χ1v) is 6.56. The third-order valence-corrected chi connectivity index (χ3v) is 2.98. The van der Waals surface area contributed by atoms with Crippen LogP contribution in [0.2, 0.25) is 0 Å². The molecule has 0 aromatic heterocycles. The number of carbonyl (C=O) groups excluding carboxylic acids is 1. The van der Waals surface area contributed by atoms with Crippen molar-refractivity contribution in [3.05, 3.63) is 60.2 Å². The number of Topliss-reactive ketones (excluding diaryl/α,β-unsaturated/α-hetero) is 1. The number of benzene rings is 2. The molecule has 3 heteroatoms. The first-order chi connectivity index (χ1) is 9.81. The van der Waals surface area contributed by atoms with Crippen LogP contribution in [0.25, 0.3) is 11.1 Å². The van der Waals surface area contributed by atoms with Crippen LogP contribution in [0.5, 0.6) is 0 Å². The Kier molecular flexibility index (Phi) is 5.47. The largest absolute Gasteiger partial charge is 0.382 e. The zero-order valence-corrected chi connectivity index (χ0v) is 11.5. The quantitative estimate of drug-likeness (QED) is 0.572. The summed E-state index contributed by atoms with van der Waals surface area (Å²) >= 11 is 0. The molecule has 2 aromatic rings. The van der Waals surface area contributed by atoms with Gasteiger partial charge in [-0.05, 0) is 11.1 Å². The number of hydrogen-bond acceptors (Lipinski definition) is 3. The van der Waals surface area contributed by atoms with Crippen molar-refractivity contribution in [3.63, 3.8) is 0 Å². The van der Waals surface area contributed by atoms with Crippen LogP contribution >= 0.6 is 0 Å². The molecule has 0 fully saturated rings. The SMILES string of the molecule is COCCOCC(=O)c1ccc(-c2ccccc2)cc1. The molecule has 0 bridgehead atoms. The molecule has 0 unspecified atom stereocenters. The maximum atomic E-state index is 11.9. The number of ether oxygens (including phenoxy) is 2. The van der Waals surface area contributed by atoms with Gasteiger partial charge in [-0.25, -0.2) is 0 Å². The highest BCUT2D eigenvalue weighted by atomic mass is 16.5. The van der Waals surface area contributed by atoms with Crippen molar-refractivity contribution in [1.29, 1.82) is 0 Å². The Morgan fingerprint density at radius 2 is 1.55 bits per heavy atom. The van der Waals surface area contributed by atoms with Crippen molar-refractivity contribution < 1.29 is 14.3 Å². The van der Waals surface area contributed by atoms with E-state index in [0.717, 1.165) is 11.1 Å². The van der Waals surface area contributed by atoms with Crippen LogP contribution in [0.15, 0.2) is 54.6 Å². The van der Waals surface area contributed by atoms with Crippen LogP contribution in [0.1, 0.15) is 10.4 Å². The lowest BCUT2D eigenvalue weighted by Gasteiger charge is -2.05. The van der Waals surface area contributed by atoms with Crippen molar-refractivity contribution in [2.75, 3.05) is 26.9 Å². The Morgan fingerprint density at radius 3 is 2.20 bits per heavy atom. The van der Waals surface area contributed by atoms with E-state index in [1.54, 1.807) is 7.11 Å². The second-order valence-corrected chi connectivity index (χ2v) is 4.41. The van der Waals surface area contributed by atoms with E-state index in [1.165, 1.54) is 0 Å². The molecule has 0 aliphatic heterocycles. The lowest BCUT2D eigenvalue weighted by Crippen LogP contribution is -2.11. The average Bonchev–Trinajstić information content (AvgIpc) is 2.52. The predicted octanol–water partition coefficient (Wildman–Crippen LogP) is 3.20. The highest BCUT2D eigenvalue weighted by Gasteiger charge is 2.06. The number of carbonyl (C=O) groups is 1. The van der Waals surface area contributed by atoms with Gasteiger partial charge in [-0.2, -0.15) is 0 Å². The van der Waals surface area contributed by atoms with Crippen molar-refractivity contribution in [1.82, 2.24) is 0 Å². The second kappa shape index (κ2) is 7.58. The van der Waals surface area contributed by atoms with Gasteiger partial charge in [0.25, 0.3) is 0 Å². The van der Waals surface area contributed by atoms with E-state index in [0.29, 0.717) is 18.8 Å². The van der Waals surface area contributed by atoms with Gasteiger partial charge in [-0.3, -0.25) is 4.79 Å². The zero-order valence-electron chi connectivity index (χ0n) is 11.5. The molecule has 0 heterocycles. The molecule has 0 radical (unpaired) electrons. The van der Waals surface area contributed by atoms with Crippen LogP contribution in [0.4, 0.5) is 0 Å². The molecule has 20 heavy (non-hydrogen) atoms. The van der Waals surface area contributed by atoms with Crippen LogP contribution < -0.4 is 0 Å². The van der Waals surface area contributed by atoms with E-state index < -0.39 is 0 Å². The predicted molar refractivity (Wildman–Crippen MR) is 78.9 cm³/mol. The Hall–Kier alpha value is -1.97. The molecule has 0 saturated heterocycles. The fourth-order valence-electron chi connectivity index (χ4n) is 1.87. The Bertz CT molecular complexity index is 532. The summed E-state index contributed by atoms with van der Waals surface area (Å²) in [6.45, 7) is 1.03. The first-order valence-electron chi connectivity index (χ1n) is 6.56. The lowest BCUT2D eigenvalue weighted by molar-refractivity contribution is 0.0577. The highest BCUT2D eigenvalue weighted by Crippen LogP contribution is 2.19. The molecule has 0 saturated carbocycles. The van der Waals surface area contributed by atoms with E-state index in [-0.39, 0.29) is 12.4 Å². The van der Waals surface area contributed by atoms with Crippen molar-refractivity contribution in [2.24, 2.45) is 0 Å². The number of ketones is 1. The van der Waals surface area contributed by atoms with Gasteiger partial charge in [-0.1, -0.05) is 54.6 Å². The van der Waals surface area contributed by atoms with Crippen LogP contribution in [-0.4, -0.2) is 32.7 Å². The first kappa shape index (κ1) is 14.4. The summed E-state index contributed by atoms with van der Waals surface area (Å²) in [6.07, 6.45) is 0. The summed E-state index contributed by atoms with van der Waals surface area (Å²) in [4.78, 5) is 11.9. The van der Waals surface area contributed by atoms with Gasteiger partial charge in [0.2, 0.25) is 0 Å². The molecule has 0 amide bonds. The molecule has 0 aliphatic carbocycles. The van der Waals surface area contributed by atoms with Crippen molar-refractivity contribution in [3.8, 4) is 11.1 Å². The molecule has 3 nitrogen and oxygen atoms in total. The lowest BCUT2D eigenvalue weighted by atomic mass is 10.0. The van der Waals surface area contributed by atoms with Crippen LogP contribution in [-0.2, 0) is 9.47 Å². The monoisotopic (exact) mass is 270 g/mol. The van der Waals surface area contributed by atoms with E-state index in [4.69, 9.17) is 9.47 Å². The Balaban J connectivity index is 1.96. The fourth-order valence-corrected chi connectivity index (χ4v) is 1.87. The summed E-state index contributed by atoms with van der Waals surface area (Å²) in [7, 11) is 1.60. The summed E-state index contributed by atoms with van der Waals surface area (Å²) in [5, 5.41) is 0. The third kappa shape index (κ3) is 4.02. The number of hydrogen-bond donors (Lipinski definition) is 0. The topological polar surface area (TPSA) is 35.5 Å². The Morgan fingerprint density at radius 1 is 0.900 bits per heavy atom. The van der Waals surface area contributed by atoms with Gasteiger partial charge in [0.15, 0.2) is 5.78 Å². The normalized spacial score (nSPS) is 10.4. The van der Waals surface area contributed by atoms with Gasteiger partial charge >= 0.3 is 0 Å². The molecule has 0 aliphatic rings. The maximum Gasteiger partial charge on any atom is 0.188 e. The van der Waals surface area contributed by atoms with Gasteiger partial charge < -0.3 is 9.47 Å². The van der Waals surface area contributed by atoms with E-state index in [9.17, 15) is 4.79 Å². The summed E-state index contributed by atoms with van der Waals surface area (Å²) in [5.74, 6) is -0.0132. The standard InChI is InChI=1S/C17H18O3/c1-19-11-12-20-13-17(18)16-9-7-15(8-10-16)14-5-3-2-4-6-14/h2-10H,11-13H2,1H3. The molecular weight excluding hydrogens is 252 g/mol. The van der Waals surface area contributed by atoms with Gasteiger partial charge in [0.1, 0.15) is 6.61 Å². The van der Waals surface area contributed by atoms with E-state index in [1.807, 2.05) is 54.6 Å². The second-order valence-electron chi connectivity index (χ2n) is 4.41. The third-order valence-electron chi connectivity index (χ3n) is 2.98. The molecule has 2 rings (SSSR count). The van der Waals surface area contributed by atoms with Crippen LogP contribution in [0, 0.1) is 0 Å². The summed E-state index contributed by atoms with van der Waals surface area (Å²) in [6, 6.07) is 17.7. The molecule has 2 aromatic carbocycles. The Labute approximate surface area is 119 Å². The number of rotatable bonds is 7. The summed E-state index contributed by atoms with van der Waals surface area (Å²) in [5.41, 5.74) is 2.91. The average molecular weight is 270 g/mol. The molecule has 0 N–H and O–H groups in total. The molecule has 104 valence electrons. The number of methoxy groups -OCH3 is 1. The van der Waals surface area contributed by atoms with Crippen molar-refractivity contribution >= 4 is 5.78 Å². The van der Waals surface area contributed by atoms with Gasteiger partial charge in [0.05, 0.1) is 13.2 Å². The minimum absolute atomic E-state index is 0.0132. The van der Waals surface area contributed by atoms with E-state index >= 15 is 0 Å². The minimum Gasteiger partial charge on any atom is -0.382 e. The molecular formula is C17H18O3. The molecule has 0 spiro atoms. The summed E-state index contributed by atoms with van der Waals surface area (Å²) < 4.78 is 10.1. The highest BCUT2D eigenvalue weighted by molar-refractivity contribution is 5.97. The van der Waals surface area contributed by atoms with Gasteiger partial charge in [0, 0.05) is 12.7 Å². The smallest absolute Gasteiger partial charge is 0.188 e. The minimum atomic E-state index is -0.0132. The van der Waals surface area contributed by atoms with Crippen molar-refractivity contribution in [2.45, 2.75) is 0 Å². The molecule has 0 atom stereocenters. The van der Waals surface area contributed by atoms with Crippen LogP contribution in [0.3, 0.4) is 0 Å². The van der Waals surface area contributed by atoms with E-state index in [2.05, 4.69) is 0 Å². The maximum absolute atomic E-state index is 11.9. The fraction of sp³-hybridized carbons (Fsp3) is 0.235. The zero-order chi connectivity index (χ0) is 14.2.